The number of ether oxygens (including phenoxy) is 2. The maximum atomic E-state index is 12.8. The molecule has 6 nitrogen and oxygen atoms in total. The Bertz CT molecular complexity index is 598. The van der Waals surface area contributed by atoms with Gasteiger partial charge in [-0.05, 0) is 31.4 Å². The molecule has 6 heteroatoms. The normalized spacial score (nSPS) is 27.4. The van der Waals surface area contributed by atoms with Gasteiger partial charge >= 0.3 is 0 Å². The second-order valence-electron chi connectivity index (χ2n) is 6.43. The van der Waals surface area contributed by atoms with Crippen molar-refractivity contribution in [1.29, 1.82) is 0 Å². The van der Waals surface area contributed by atoms with E-state index in [9.17, 15) is 9.90 Å². The molecule has 2 fully saturated rings. The van der Waals surface area contributed by atoms with Gasteiger partial charge in [0.2, 0.25) is 6.79 Å². The first-order chi connectivity index (χ1) is 11.2. The van der Waals surface area contributed by atoms with Gasteiger partial charge in [0.25, 0.3) is 5.91 Å². The lowest BCUT2D eigenvalue weighted by atomic mass is 10.1. The number of aliphatic hydroxyl groups excluding tert-OH is 1. The highest BCUT2D eigenvalue weighted by Crippen LogP contribution is 2.36. The summed E-state index contributed by atoms with van der Waals surface area (Å²) in [6.07, 6.45) is 2.85. The van der Waals surface area contributed by atoms with Crippen LogP contribution in [0.2, 0.25) is 0 Å². The van der Waals surface area contributed by atoms with E-state index in [0.717, 1.165) is 32.4 Å². The van der Waals surface area contributed by atoms with Gasteiger partial charge in [-0.1, -0.05) is 6.07 Å². The lowest BCUT2D eigenvalue weighted by molar-refractivity contribution is 0.0314. The van der Waals surface area contributed by atoms with E-state index in [4.69, 9.17) is 9.47 Å². The van der Waals surface area contributed by atoms with Crippen molar-refractivity contribution in [2.75, 3.05) is 33.0 Å². The fourth-order valence-electron chi connectivity index (χ4n) is 3.87. The second kappa shape index (κ2) is 6.02. The third kappa shape index (κ3) is 2.66. The molecule has 1 aliphatic carbocycles. The molecule has 2 atom stereocenters. The molecule has 0 spiro atoms. The zero-order valence-corrected chi connectivity index (χ0v) is 13.1. The number of benzene rings is 1. The van der Waals surface area contributed by atoms with Crippen molar-refractivity contribution in [1.82, 2.24) is 9.80 Å². The third-order valence-corrected chi connectivity index (χ3v) is 5.14. The van der Waals surface area contributed by atoms with E-state index in [1.807, 2.05) is 17.0 Å². The standard InChI is InChI=1S/C17H22N2O4/c20-14-5-2-4-13(14)18-7-9-19(10-8-18)17(21)12-3-1-6-15-16(12)23-11-22-15/h1,3,6,13-14,20H,2,4-5,7-11H2/t13-,14+/m1/s1. The van der Waals surface area contributed by atoms with Crippen molar-refractivity contribution in [3.05, 3.63) is 23.8 Å². The van der Waals surface area contributed by atoms with E-state index in [1.165, 1.54) is 0 Å². The Morgan fingerprint density at radius 2 is 1.96 bits per heavy atom. The van der Waals surface area contributed by atoms with Crippen LogP contribution in [0.5, 0.6) is 11.5 Å². The molecule has 2 heterocycles. The summed E-state index contributed by atoms with van der Waals surface area (Å²) in [4.78, 5) is 17.0. The first kappa shape index (κ1) is 14.8. The summed E-state index contributed by atoms with van der Waals surface area (Å²) in [5.74, 6) is 1.20. The topological polar surface area (TPSA) is 62.2 Å². The SMILES string of the molecule is O=C(c1cccc2c1OCO2)N1CCN([C@@H]2CCC[C@@H]2O)CC1. The van der Waals surface area contributed by atoms with Crippen LogP contribution in [-0.4, -0.2) is 65.9 Å². The maximum absolute atomic E-state index is 12.8. The number of hydrogen-bond acceptors (Lipinski definition) is 5. The van der Waals surface area contributed by atoms with E-state index >= 15 is 0 Å². The van der Waals surface area contributed by atoms with Gasteiger partial charge in [-0.2, -0.15) is 0 Å². The molecule has 1 N–H and O–H groups in total. The van der Waals surface area contributed by atoms with Gasteiger partial charge in [0, 0.05) is 32.2 Å². The monoisotopic (exact) mass is 318 g/mol. The first-order valence-electron chi connectivity index (χ1n) is 8.34. The van der Waals surface area contributed by atoms with Crippen LogP contribution in [0, 0.1) is 0 Å². The van der Waals surface area contributed by atoms with Gasteiger partial charge < -0.3 is 19.5 Å². The Morgan fingerprint density at radius 3 is 2.70 bits per heavy atom. The number of carbonyl (C=O) groups is 1. The number of fused-ring (bicyclic) bond motifs is 1. The fourth-order valence-corrected chi connectivity index (χ4v) is 3.87. The van der Waals surface area contributed by atoms with E-state index in [1.54, 1.807) is 6.07 Å². The van der Waals surface area contributed by atoms with Crippen molar-refractivity contribution >= 4 is 5.91 Å². The van der Waals surface area contributed by atoms with Gasteiger partial charge in [0.15, 0.2) is 11.5 Å². The van der Waals surface area contributed by atoms with E-state index in [0.29, 0.717) is 30.2 Å². The minimum atomic E-state index is -0.208. The Hall–Kier alpha value is -1.79. The molecule has 1 amide bonds. The Morgan fingerprint density at radius 1 is 1.13 bits per heavy atom. The van der Waals surface area contributed by atoms with Gasteiger partial charge in [0.1, 0.15) is 0 Å². The summed E-state index contributed by atoms with van der Waals surface area (Å²) in [5, 5.41) is 10.0. The number of para-hydroxylation sites is 1. The van der Waals surface area contributed by atoms with Crippen LogP contribution in [0.4, 0.5) is 0 Å². The zero-order chi connectivity index (χ0) is 15.8. The van der Waals surface area contributed by atoms with Crippen LogP contribution < -0.4 is 9.47 Å². The summed E-state index contributed by atoms with van der Waals surface area (Å²) in [5.41, 5.74) is 0.578. The highest BCUT2D eigenvalue weighted by molar-refractivity contribution is 5.98. The number of carbonyl (C=O) groups excluding carboxylic acids is 1. The minimum Gasteiger partial charge on any atom is -0.454 e. The third-order valence-electron chi connectivity index (χ3n) is 5.14. The van der Waals surface area contributed by atoms with Crippen molar-refractivity contribution in [2.45, 2.75) is 31.4 Å². The molecule has 1 aromatic rings. The summed E-state index contributed by atoms with van der Waals surface area (Å²) in [6.45, 7) is 3.19. The van der Waals surface area contributed by atoms with Crippen molar-refractivity contribution in [2.24, 2.45) is 0 Å². The molecule has 0 radical (unpaired) electrons. The molecule has 0 unspecified atom stereocenters. The highest BCUT2D eigenvalue weighted by Gasteiger charge is 2.34. The van der Waals surface area contributed by atoms with Crippen LogP contribution in [0.1, 0.15) is 29.6 Å². The minimum absolute atomic E-state index is 0.000953. The predicted octanol–water partition coefficient (Wildman–Crippen LogP) is 1.09. The molecular weight excluding hydrogens is 296 g/mol. The van der Waals surface area contributed by atoms with Gasteiger partial charge in [-0.15, -0.1) is 0 Å². The number of rotatable bonds is 2. The quantitative estimate of drug-likeness (QED) is 0.884. The summed E-state index contributed by atoms with van der Waals surface area (Å²) in [6, 6.07) is 5.71. The molecule has 0 bridgehead atoms. The van der Waals surface area contributed by atoms with Crippen molar-refractivity contribution < 1.29 is 19.4 Å². The molecular formula is C17H22N2O4. The number of hydrogen-bond donors (Lipinski definition) is 1. The highest BCUT2D eigenvalue weighted by atomic mass is 16.7. The van der Waals surface area contributed by atoms with Crippen LogP contribution >= 0.6 is 0 Å². The average Bonchev–Trinajstić information content (AvgIpc) is 3.22. The van der Waals surface area contributed by atoms with E-state index in [-0.39, 0.29) is 24.8 Å². The number of aliphatic hydroxyl groups is 1. The Balaban J connectivity index is 1.42. The lowest BCUT2D eigenvalue weighted by Crippen LogP contribution is -2.53. The molecule has 1 saturated heterocycles. The summed E-state index contributed by atoms with van der Waals surface area (Å²) in [7, 11) is 0. The summed E-state index contributed by atoms with van der Waals surface area (Å²) >= 11 is 0. The lowest BCUT2D eigenvalue weighted by Gasteiger charge is -2.39. The molecule has 2 aliphatic heterocycles. The van der Waals surface area contributed by atoms with Crippen molar-refractivity contribution in [3.8, 4) is 11.5 Å². The molecule has 23 heavy (non-hydrogen) atoms. The molecule has 124 valence electrons. The van der Waals surface area contributed by atoms with Crippen LogP contribution in [-0.2, 0) is 0 Å². The number of amides is 1. The van der Waals surface area contributed by atoms with Gasteiger partial charge in [-0.25, -0.2) is 0 Å². The van der Waals surface area contributed by atoms with Crippen molar-refractivity contribution in [3.63, 3.8) is 0 Å². The molecule has 4 rings (SSSR count). The van der Waals surface area contributed by atoms with Gasteiger partial charge in [-0.3, -0.25) is 9.69 Å². The second-order valence-corrected chi connectivity index (χ2v) is 6.43. The fraction of sp³-hybridized carbons (Fsp3) is 0.588. The number of piperazine rings is 1. The van der Waals surface area contributed by atoms with Crippen LogP contribution in [0.15, 0.2) is 18.2 Å². The largest absolute Gasteiger partial charge is 0.454 e. The maximum Gasteiger partial charge on any atom is 0.257 e. The molecule has 1 aromatic carbocycles. The van der Waals surface area contributed by atoms with E-state index < -0.39 is 0 Å². The number of nitrogens with zero attached hydrogens (tertiary/aromatic N) is 2. The Kier molecular flexibility index (Phi) is 3.87. The molecule has 3 aliphatic rings. The van der Waals surface area contributed by atoms with Gasteiger partial charge in [0.05, 0.1) is 11.7 Å². The Labute approximate surface area is 135 Å². The smallest absolute Gasteiger partial charge is 0.257 e. The van der Waals surface area contributed by atoms with Crippen LogP contribution in [0.3, 0.4) is 0 Å². The zero-order valence-electron chi connectivity index (χ0n) is 13.1. The predicted molar refractivity (Wildman–Crippen MR) is 83.7 cm³/mol. The molecule has 0 aromatic heterocycles. The summed E-state index contributed by atoms with van der Waals surface area (Å²) < 4.78 is 10.8. The van der Waals surface area contributed by atoms with E-state index in [2.05, 4.69) is 4.90 Å². The average molecular weight is 318 g/mol. The molecule has 1 saturated carbocycles. The first-order valence-corrected chi connectivity index (χ1v) is 8.34. The van der Waals surface area contributed by atoms with Crippen LogP contribution in [0.25, 0.3) is 0 Å².